The molecule has 21 heavy (non-hydrogen) atoms. The maximum atomic E-state index is 13.8. The summed E-state index contributed by atoms with van der Waals surface area (Å²) in [5, 5.41) is -0.185. The topological polar surface area (TPSA) is 34.9 Å². The van der Waals surface area contributed by atoms with E-state index in [9.17, 15) is 8.60 Å². The maximum Gasteiger partial charge on any atom is 0.138 e. The number of aromatic nitrogens is 2. The Morgan fingerprint density at radius 1 is 1.48 bits per heavy atom. The number of nitrogens with zero attached hydrogens (tertiary/aromatic N) is 2. The number of benzene rings is 1. The molecule has 0 aliphatic rings. The minimum Gasteiger partial charge on any atom is -0.327 e. The van der Waals surface area contributed by atoms with Crippen molar-refractivity contribution in [2.24, 2.45) is 0 Å². The summed E-state index contributed by atoms with van der Waals surface area (Å²) in [6.45, 7) is 4.42. The molecule has 0 aliphatic carbocycles. The molecule has 3 nitrogen and oxygen atoms in total. The predicted octanol–water partition coefficient (Wildman–Crippen LogP) is 4.24. The van der Waals surface area contributed by atoms with Crippen LogP contribution >= 0.6 is 34.2 Å². The third-order valence-corrected chi connectivity index (χ3v) is 5.89. The molecule has 0 fully saturated rings. The van der Waals surface area contributed by atoms with Crippen molar-refractivity contribution in [3.05, 3.63) is 27.3 Å². The Balaban J connectivity index is 2.46. The second-order valence-electron chi connectivity index (χ2n) is 5.09. The van der Waals surface area contributed by atoms with Gasteiger partial charge in [0.05, 0.1) is 20.0 Å². The van der Waals surface area contributed by atoms with Gasteiger partial charge in [0, 0.05) is 34.9 Å². The van der Waals surface area contributed by atoms with E-state index in [-0.39, 0.29) is 16.4 Å². The molecule has 0 bridgehead atoms. The van der Waals surface area contributed by atoms with E-state index < -0.39 is 10.8 Å². The molecule has 7 heteroatoms. The van der Waals surface area contributed by atoms with Gasteiger partial charge < -0.3 is 4.57 Å². The van der Waals surface area contributed by atoms with Crippen molar-refractivity contribution in [2.75, 3.05) is 6.26 Å². The summed E-state index contributed by atoms with van der Waals surface area (Å²) < 4.78 is 27.8. The number of aryl methyl sites for hydroxylation is 1. The fourth-order valence-electron chi connectivity index (χ4n) is 2.15. The number of fused-ring (bicyclic) bond motifs is 1. The van der Waals surface area contributed by atoms with Crippen LogP contribution in [0.2, 0.25) is 0 Å². The number of imidazole rings is 1. The molecule has 1 heterocycles. The third-order valence-electron chi connectivity index (χ3n) is 3.50. The molecule has 2 rings (SSSR count). The molecular formula is C14H17ClFIN2OS. The van der Waals surface area contributed by atoms with E-state index >= 15 is 0 Å². The van der Waals surface area contributed by atoms with Crippen LogP contribution in [0.4, 0.5) is 4.39 Å². The predicted molar refractivity (Wildman–Crippen MR) is 94.8 cm³/mol. The van der Waals surface area contributed by atoms with E-state index in [1.807, 2.05) is 41.0 Å². The molecule has 0 N–H and O–H groups in total. The summed E-state index contributed by atoms with van der Waals surface area (Å²) in [4.78, 5) is 4.52. The lowest BCUT2D eigenvalue weighted by Crippen LogP contribution is -2.14. The first-order chi connectivity index (χ1) is 9.81. The molecule has 0 saturated carbocycles. The third kappa shape index (κ3) is 3.76. The first-order valence-corrected chi connectivity index (χ1v) is 9.76. The van der Waals surface area contributed by atoms with Gasteiger partial charge in [-0.05, 0) is 42.0 Å². The van der Waals surface area contributed by atoms with Crippen molar-refractivity contribution < 1.29 is 8.60 Å². The van der Waals surface area contributed by atoms with Crippen LogP contribution in [0, 0.1) is 9.39 Å². The SMILES string of the molecule is CC(Cl)c1nc2cc(I)c(F)cc2n1CCC(C)S(C)=O. The highest BCUT2D eigenvalue weighted by Gasteiger charge is 2.18. The van der Waals surface area contributed by atoms with Gasteiger partial charge in [0.25, 0.3) is 0 Å². The number of rotatable bonds is 5. The van der Waals surface area contributed by atoms with Gasteiger partial charge >= 0.3 is 0 Å². The molecule has 2 aromatic rings. The Morgan fingerprint density at radius 2 is 2.14 bits per heavy atom. The van der Waals surface area contributed by atoms with Crippen molar-refractivity contribution in [1.82, 2.24) is 9.55 Å². The smallest absolute Gasteiger partial charge is 0.138 e. The molecular weight excluding hydrogens is 426 g/mol. The van der Waals surface area contributed by atoms with Crippen LogP contribution in [-0.4, -0.2) is 25.3 Å². The molecule has 0 radical (unpaired) electrons. The Bertz CT molecular complexity index is 689. The quantitative estimate of drug-likeness (QED) is 0.513. The van der Waals surface area contributed by atoms with Crippen LogP contribution in [0.5, 0.6) is 0 Å². The van der Waals surface area contributed by atoms with Gasteiger partial charge in [-0.15, -0.1) is 11.6 Å². The van der Waals surface area contributed by atoms with E-state index in [0.29, 0.717) is 10.1 Å². The maximum absolute atomic E-state index is 13.8. The molecule has 3 atom stereocenters. The van der Waals surface area contributed by atoms with Gasteiger partial charge in [0.1, 0.15) is 11.6 Å². The summed E-state index contributed by atoms with van der Waals surface area (Å²) in [6, 6.07) is 3.23. The Hall–Kier alpha value is -0.210. The molecule has 3 unspecified atom stereocenters. The second kappa shape index (κ2) is 6.91. The number of hydrogen-bond donors (Lipinski definition) is 0. The first-order valence-electron chi connectivity index (χ1n) is 6.62. The van der Waals surface area contributed by atoms with Gasteiger partial charge in [-0.2, -0.15) is 0 Å². The number of halogens is 3. The lowest BCUT2D eigenvalue weighted by atomic mass is 10.3. The normalized spacial score (nSPS) is 16.1. The average Bonchev–Trinajstić information content (AvgIpc) is 2.74. The average molecular weight is 443 g/mol. The fourth-order valence-corrected chi connectivity index (χ4v) is 3.21. The van der Waals surface area contributed by atoms with Crippen molar-refractivity contribution >= 4 is 56.0 Å². The minimum absolute atomic E-state index is 0.0784. The highest BCUT2D eigenvalue weighted by Crippen LogP contribution is 2.27. The van der Waals surface area contributed by atoms with E-state index in [1.165, 1.54) is 6.07 Å². The number of hydrogen-bond acceptors (Lipinski definition) is 2. The van der Waals surface area contributed by atoms with Gasteiger partial charge in [-0.1, -0.05) is 6.92 Å². The summed E-state index contributed by atoms with van der Waals surface area (Å²) >= 11 is 8.15. The zero-order valence-electron chi connectivity index (χ0n) is 12.1. The molecule has 1 aromatic carbocycles. The molecule has 0 amide bonds. The van der Waals surface area contributed by atoms with Crippen molar-refractivity contribution in [2.45, 2.75) is 37.4 Å². The van der Waals surface area contributed by atoms with Gasteiger partial charge in [0.15, 0.2) is 0 Å². The van der Waals surface area contributed by atoms with Gasteiger partial charge in [-0.3, -0.25) is 4.21 Å². The Morgan fingerprint density at radius 3 is 2.71 bits per heavy atom. The van der Waals surface area contributed by atoms with E-state index in [4.69, 9.17) is 11.6 Å². The second-order valence-corrected chi connectivity index (χ2v) is 8.71. The van der Waals surface area contributed by atoms with Crippen molar-refractivity contribution in [3.63, 3.8) is 0 Å². The van der Waals surface area contributed by atoms with Crippen LogP contribution in [0.25, 0.3) is 11.0 Å². The summed E-state index contributed by atoms with van der Waals surface area (Å²) in [5.74, 6) is 0.465. The van der Waals surface area contributed by atoms with Crippen molar-refractivity contribution in [1.29, 1.82) is 0 Å². The summed E-state index contributed by atoms with van der Waals surface area (Å²) in [6.07, 6.45) is 2.43. The van der Waals surface area contributed by atoms with Crippen LogP contribution < -0.4 is 0 Å². The highest BCUT2D eigenvalue weighted by molar-refractivity contribution is 14.1. The molecule has 116 valence electrons. The Labute approximate surface area is 144 Å². The van der Waals surface area contributed by atoms with Crippen LogP contribution in [0.1, 0.15) is 31.5 Å². The zero-order valence-corrected chi connectivity index (χ0v) is 15.8. The summed E-state index contributed by atoms with van der Waals surface area (Å²) in [5.41, 5.74) is 1.48. The largest absolute Gasteiger partial charge is 0.327 e. The lowest BCUT2D eigenvalue weighted by Gasteiger charge is -2.13. The van der Waals surface area contributed by atoms with Crippen LogP contribution in [-0.2, 0) is 17.3 Å². The number of alkyl halides is 1. The zero-order chi connectivity index (χ0) is 15.7. The van der Waals surface area contributed by atoms with E-state index in [0.717, 1.165) is 23.3 Å². The highest BCUT2D eigenvalue weighted by atomic mass is 127. The molecule has 0 aliphatic heterocycles. The minimum atomic E-state index is -0.873. The standard InChI is InChI=1S/C14H17ClFIN2OS/c1-8(21(3)20)4-5-19-13-6-10(16)11(17)7-12(13)18-14(19)9(2)15/h6-9H,4-5H2,1-3H3. The van der Waals surface area contributed by atoms with Gasteiger partial charge in [-0.25, -0.2) is 9.37 Å². The molecule has 0 saturated heterocycles. The van der Waals surface area contributed by atoms with Crippen LogP contribution in [0.3, 0.4) is 0 Å². The Kier molecular flexibility index (Phi) is 5.65. The fraction of sp³-hybridized carbons (Fsp3) is 0.500. The van der Waals surface area contributed by atoms with E-state index in [1.54, 1.807) is 12.3 Å². The molecule has 1 aromatic heterocycles. The lowest BCUT2D eigenvalue weighted by molar-refractivity contribution is 0.602. The monoisotopic (exact) mass is 442 g/mol. The van der Waals surface area contributed by atoms with E-state index in [2.05, 4.69) is 4.98 Å². The van der Waals surface area contributed by atoms with Gasteiger partial charge in [0.2, 0.25) is 0 Å². The summed E-state index contributed by atoms with van der Waals surface area (Å²) in [7, 11) is -0.873. The molecule has 0 spiro atoms. The van der Waals surface area contributed by atoms with Crippen LogP contribution in [0.15, 0.2) is 12.1 Å². The van der Waals surface area contributed by atoms with Crippen molar-refractivity contribution in [3.8, 4) is 0 Å². The first kappa shape index (κ1) is 17.1.